The van der Waals surface area contributed by atoms with Gasteiger partial charge in [-0.3, -0.25) is 4.72 Å². The van der Waals surface area contributed by atoms with E-state index in [0.29, 0.717) is 5.56 Å². The summed E-state index contributed by atoms with van der Waals surface area (Å²) in [5, 5.41) is 0.255. The van der Waals surface area contributed by atoms with E-state index in [9.17, 15) is 12.8 Å². The van der Waals surface area contributed by atoms with Crippen molar-refractivity contribution in [3.05, 3.63) is 58.4 Å². The number of aryl methyl sites for hydroxylation is 2. The monoisotopic (exact) mass is 313 g/mol. The summed E-state index contributed by atoms with van der Waals surface area (Å²) in [6.45, 7) is 3.47. The van der Waals surface area contributed by atoms with E-state index < -0.39 is 15.8 Å². The molecule has 0 bridgehead atoms. The van der Waals surface area contributed by atoms with Gasteiger partial charge in [0.1, 0.15) is 5.82 Å². The molecule has 0 radical (unpaired) electrons. The van der Waals surface area contributed by atoms with Crippen molar-refractivity contribution in [3.8, 4) is 0 Å². The van der Waals surface area contributed by atoms with Gasteiger partial charge in [0.05, 0.1) is 10.6 Å². The van der Waals surface area contributed by atoms with Gasteiger partial charge in [0.15, 0.2) is 0 Å². The zero-order valence-corrected chi connectivity index (χ0v) is 12.5. The highest BCUT2D eigenvalue weighted by molar-refractivity contribution is 7.92. The number of hydrogen-bond acceptors (Lipinski definition) is 2. The number of benzene rings is 2. The van der Waals surface area contributed by atoms with Crippen LogP contribution in [-0.2, 0) is 10.0 Å². The van der Waals surface area contributed by atoms with Crippen LogP contribution in [0.2, 0.25) is 5.02 Å². The molecule has 106 valence electrons. The lowest BCUT2D eigenvalue weighted by atomic mass is 10.2. The molecule has 2 aromatic rings. The molecule has 0 aromatic heterocycles. The van der Waals surface area contributed by atoms with Gasteiger partial charge in [0, 0.05) is 5.02 Å². The Morgan fingerprint density at radius 3 is 2.50 bits per heavy atom. The molecule has 3 nitrogen and oxygen atoms in total. The number of halogens is 2. The van der Waals surface area contributed by atoms with Crippen LogP contribution in [0.15, 0.2) is 41.3 Å². The minimum absolute atomic E-state index is 0.122. The third-order valence-electron chi connectivity index (χ3n) is 2.81. The molecule has 0 fully saturated rings. The molecule has 0 spiro atoms. The van der Waals surface area contributed by atoms with Crippen molar-refractivity contribution in [1.29, 1.82) is 0 Å². The Bertz CT molecular complexity index is 760. The van der Waals surface area contributed by atoms with Gasteiger partial charge in [0.2, 0.25) is 0 Å². The van der Waals surface area contributed by atoms with Gasteiger partial charge in [0.25, 0.3) is 10.0 Å². The van der Waals surface area contributed by atoms with Crippen LogP contribution < -0.4 is 4.72 Å². The zero-order valence-electron chi connectivity index (χ0n) is 10.9. The predicted octanol–water partition coefficient (Wildman–Crippen LogP) is 3.90. The lowest BCUT2D eigenvalue weighted by molar-refractivity contribution is 0.598. The second-order valence-corrected chi connectivity index (χ2v) is 6.59. The molecule has 0 atom stereocenters. The molecular weight excluding hydrogens is 301 g/mol. The highest BCUT2D eigenvalue weighted by Crippen LogP contribution is 2.24. The summed E-state index contributed by atoms with van der Waals surface area (Å²) in [5.41, 5.74) is 1.23. The van der Waals surface area contributed by atoms with E-state index in [-0.39, 0.29) is 15.6 Å². The topological polar surface area (TPSA) is 46.2 Å². The Morgan fingerprint density at radius 2 is 1.80 bits per heavy atom. The van der Waals surface area contributed by atoms with Crippen LogP contribution in [-0.4, -0.2) is 8.42 Å². The van der Waals surface area contributed by atoms with Gasteiger partial charge >= 0.3 is 0 Å². The summed E-state index contributed by atoms with van der Waals surface area (Å²) in [7, 11) is -3.85. The average molecular weight is 314 g/mol. The lowest BCUT2D eigenvalue weighted by Crippen LogP contribution is -2.15. The van der Waals surface area contributed by atoms with Crippen LogP contribution >= 0.6 is 11.6 Å². The minimum Gasteiger partial charge on any atom is -0.277 e. The molecular formula is C14H13ClFNO2S. The van der Waals surface area contributed by atoms with Crippen molar-refractivity contribution < 1.29 is 12.8 Å². The third-order valence-corrected chi connectivity index (χ3v) is 4.55. The van der Waals surface area contributed by atoms with Crippen molar-refractivity contribution >= 4 is 27.3 Å². The van der Waals surface area contributed by atoms with Crippen LogP contribution in [0.1, 0.15) is 11.1 Å². The van der Waals surface area contributed by atoms with E-state index in [1.165, 1.54) is 12.1 Å². The highest BCUT2D eigenvalue weighted by atomic mass is 35.5. The van der Waals surface area contributed by atoms with E-state index in [0.717, 1.165) is 11.6 Å². The molecule has 0 amide bonds. The Kier molecular flexibility index (Phi) is 4.01. The molecule has 6 heteroatoms. The fourth-order valence-corrected chi connectivity index (χ4v) is 3.33. The molecule has 2 rings (SSSR count). The number of nitrogens with one attached hydrogen (secondary N) is 1. The molecule has 0 saturated heterocycles. The molecule has 0 heterocycles. The maximum Gasteiger partial charge on any atom is 0.262 e. The van der Waals surface area contributed by atoms with Crippen molar-refractivity contribution in [1.82, 2.24) is 0 Å². The Labute approximate surface area is 122 Å². The fraction of sp³-hybridized carbons (Fsp3) is 0.143. The molecule has 0 aliphatic rings. The quantitative estimate of drug-likeness (QED) is 0.934. The van der Waals surface area contributed by atoms with Gasteiger partial charge in [-0.05, 0) is 49.2 Å². The van der Waals surface area contributed by atoms with Gasteiger partial charge in [-0.25, -0.2) is 12.8 Å². The van der Waals surface area contributed by atoms with Crippen molar-refractivity contribution in [2.45, 2.75) is 18.7 Å². The van der Waals surface area contributed by atoms with E-state index in [4.69, 9.17) is 11.6 Å². The summed E-state index contributed by atoms with van der Waals surface area (Å²) in [6.07, 6.45) is 0. The van der Waals surface area contributed by atoms with Crippen LogP contribution in [0.25, 0.3) is 0 Å². The maximum atomic E-state index is 13.6. The third kappa shape index (κ3) is 3.11. The number of anilines is 1. The molecule has 0 aliphatic heterocycles. The minimum atomic E-state index is -3.85. The molecule has 0 unspecified atom stereocenters. The summed E-state index contributed by atoms with van der Waals surface area (Å²) in [6, 6.07) is 8.77. The summed E-state index contributed by atoms with van der Waals surface area (Å²) in [4.78, 5) is 0.122. The predicted molar refractivity (Wildman–Crippen MR) is 78.1 cm³/mol. The largest absolute Gasteiger partial charge is 0.277 e. The first kappa shape index (κ1) is 14.8. The molecule has 0 saturated carbocycles. The van der Waals surface area contributed by atoms with Crippen molar-refractivity contribution in [3.63, 3.8) is 0 Å². The van der Waals surface area contributed by atoms with Gasteiger partial charge in [-0.2, -0.15) is 0 Å². The maximum absolute atomic E-state index is 13.6. The fourth-order valence-electron chi connectivity index (χ4n) is 1.77. The average Bonchev–Trinajstić information content (AvgIpc) is 2.36. The normalized spacial score (nSPS) is 11.4. The molecule has 2 aromatic carbocycles. The van der Waals surface area contributed by atoms with E-state index in [1.54, 1.807) is 26.0 Å². The number of sulfonamides is 1. The zero-order chi connectivity index (χ0) is 14.9. The second kappa shape index (κ2) is 5.42. The molecule has 1 N–H and O–H groups in total. The summed E-state index contributed by atoms with van der Waals surface area (Å²) in [5.74, 6) is -0.678. The standard InChI is InChI=1S/C14H13ClFNO2S/c1-9-3-4-10(2)14(7-9)20(18,19)17-13-8-11(15)5-6-12(13)16/h3-8,17H,1-2H3. The first-order chi connectivity index (χ1) is 9.29. The van der Waals surface area contributed by atoms with Gasteiger partial charge in [-0.1, -0.05) is 23.7 Å². The smallest absolute Gasteiger partial charge is 0.262 e. The SMILES string of the molecule is Cc1ccc(C)c(S(=O)(=O)Nc2cc(Cl)ccc2F)c1. The van der Waals surface area contributed by atoms with Crippen molar-refractivity contribution in [2.24, 2.45) is 0 Å². The summed E-state index contributed by atoms with van der Waals surface area (Å²) >= 11 is 5.75. The van der Waals surface area contributed by atoms with E-state index in [1.807, 2.05) is 6.07 Å². The molecule has 0 aliphatic carbocycles. The Morgan fingerprint density at radius 1 is 1.10 bits per heavy atom. The van der Waals surface area contributed by atoms with E-state index >= 15 is 0 Å². The van der Waals surface area contributed by atoms with Crippen LogP contribution in [0.4, 0.5) is 10.1 Å². The van der Waals surface area contributed by atoms with Crippen LogP contribution in [0.5, 0.6) is 0 Å². The lowest BCUT2D eigenvalue weighted by Gasteiger charge is -2.12. The second-order valence-electron chi connectivity index (χ2n) is 4.50. The van der Waals surface area contributed by atoms with Crippen LogP contribution in [0, 0.1) is 19.7 Å². The Hall–Kier alpha value is -1.59. The van der Waals surface area contributed by atoms with Gasteiger partial charge in [-0.15, -0.1) is 0 Å². The highest BCUT2D eigenvalue weighted by Gasteiger charge is 2.19. The molecule has 20 heavy (non-hydrogen) atoms. The first-order valence-corrected chi connectivity index (χ1v) is 7.71. The number of rotatable bonds is 3. The number of hydrogen-bond donors (Lipinski definition) is 1. The van der Waals surface area contributed by atoms with Crippen molar-refractivity contribution in [2.75, 3.05) is 4.72 Å². The van der Waals surface area contributed by atoms with E-state index in [2.05, 4.69) is 4.72 Å². The summed E-state index contributed by atoms with van der Waals surface area (Å²) < 4.78 is 40.5. The Balaban J connectivity index is 2.46. The van der Waals surface area contributed by atoms with Gasteiger partial charge < -0.3 is 0 Å². The van der Waals surface area contributed by atoms with Crippen LogP contribution in [0.3, 0.4) is 0 Å². The first-order valence-electron chi connectivity index (χ1n) is 5.85.